The van der Waals surface area contributed by atoms with Gasteiger partial charge in [0.1, 0.15) is 0 Å². The zero-order valence-corrected chi connectivity index (χ0v) is 14.6. The summed E-state index contributed by atoms with van der Waals surface area (Å²) in [5, 5.41) is 14.9. The summed E-state index contributed by atoms with van der Waals surface area (Å²) in [5.74, 6) is -0.0103. The van der Waals surface area contributed by atoms with Crippen molar-refractivity contribution in [2.24, 2.45) is 7.05 Å². The molecule has 0 bridgehead atoms. The van der Waals surface area contributed by atoms with Crippen molar-refractivity contribution in [2.45, 2.75) is 6.54 Å². The standard InChI is InChI=1S/C18H21N5O3/c1-20-13-16(12-19-20)5-6-18(24)22-9-7-21(8-10-22)14-15-3-2-4-17(11-15)23(25)26/h2-6,11-13H,7-10,14H2,1H3/b6-5+. The van der Waals surface area contributed by atoms with E-state index in [4.69, 9.17) is 0 Å². The van der Waals surface area contributed by atoms with Gasteiger partial charge in [-0.2, -0.15) is 5.10 Å². The monoisotopic (exact) mass is 355 g/mol. The number of nitrogens with zero attached hydrogens (tertiary/aromatic N) is 5. The van der Waals surface area contributed by atoms with E-state index in [1.165, 1.54) is 6.07 Å². The van der Waals surface area contributed by atoms with E-state index in [2.05, 4.69) is 10.00 Å². The Balaban J connectivity index is 1.51. The van der Waals surface area contributed by atoms with E-state index in [0.29, 0.717) is 19.6 Å². The Morgan fingerprint density at radius 1 is 1.31 bits per heavy atom. The van der Waals surface area contributed by atoms with Crippen molar-refractivity contribution in [3.05, 3.63) is 64.0 Å². The van der Waals surface area contributed by atoms with Crippen molar-refractivity contribution in [2.75, 3.05) is 26.2 Å². The number of aryl methyl sites for hydroxylation is 1. The minimum Gasteiger partial charge on any atom is -0.337 e. The van der Waals surface area contributed by atoms with Crippen LogP contribution in [-0.2, 0) is 18.4 Å². The van der Waals surface area contributed by atoms with Gasteiger partial charge in [0.2, 0.25) is 5.91 Å². The largest absolute Gasteiger partial charge is 0.337 e. The van der Waals surface area contributed by atoms with Crippen molar-refractivity contribution in [1.82, 2.24) is 19.6 Å². The third-order valence-electron chi connectivity index (χ3n) is 4.35. The van der Waals surface area contributed by atoms with E-state index in [-0.39, 0.29) is 16.5 Å². The Bertz CT molecular complexity index is 822. The molecule has 1 aliphatic heterocycles. The van der Waals surface area contributed by atoms with Gasteiger partial charge in [-0.25, -0.2) is 0 Å². The number of amides is 1. The number of piperazine rings is 1. The fourth-order valence-electron chi connectivity index (χ4n) is 2.95. The van der Waals surface area contributed by atoms with Gasteiger partial charge in [-0.15, -0.1) is 0 Å². The van der Waals surface area contributed by atoms with Crippen LogP contribution >= 0.6 is 0 Å². The highest BCUT2D eigenvalue weighted by Crippen LogP contribution is 2.16. The van der Waals surface area contributed by atoms with Gasteiger partial charge in [-0.1, -0.05) is 12.1 Å². The lowest BCUT2D eigenvalue weighted by Crippen LogP contribution is -2.47. The van der Waals surface area contributed by atoms with E-state index < -0.39 is 0 Å². The second-order valence-electron chi connectivity index (χ2n) is 6.31. The molecule has 0 atom stereocenters. The van der Waals surface area contributed by atoms with Crippen LogP contribution < -0.4 is 0 Å². The first-order chi connectivity index (χ1) is 12.5. The van der Waals surface area contributed by atoms with Crippen LogP contribution in [0.3, 0.4) is 0 Å². The smallest absolute Gasteiger partial charge is 0.269 e. The Hall–Kier alpha value is -3.00. The van der Waals surface area contributed by atoms with Crippen LogP contribution in [0.25, 0.3) is 6.08 Å². The molecule has 1 amide bonds. The molecule has 0 N–H and O–H groups in total. The first kappa shape index (κ1) is 17.8. The quantitative estimate of drug-likeness (QED) is 0.463. The molecule has 26 heavy (non-hydrogen) atoms. The number of carbonyl (C=O) groups is 1. The normalized spacial score (nSPS) is 15.5. The molecule has 0 unspecified atom stereocenters. The molecule has 1 aromatic heterocycles. The van der Waals surface area contributed by atoms with Crippen LogP contribution in [0.5, 0.6) is 0 Å². The van der Waals surface area contributed by atoms with Crippen LogP contribution in [0.1, 0.15) is 11.1 Å². The topological polar surface area (TPSA) is 84.5 Å². The number of hydrogen-bond acceptors (Lipinski definition) is 5. The summed E-state index contributed by atoms with van der Waals surface area (Å²) >= 11 is 0. The lowest BCUT2D eigenvalue weighted by molar-refractivity contribution is -0.384. The molecular formula is C18H21N5O3. The van der Waals surface area contributed by atoms with Gasteiger partial charge >= 0.3 is 0 Å². The number of hydrogen-bond donors (Lipinski definition) is 0. The van der Waals surface area contributed by atoms with E-state index >= 15 is 0 Å². The Morgan fingerprint density at radius 3 is 2.73 bits per heavy atom. The number of carbonyl (C=O) groups excluding carboxylic acids is 1. The number of nitro benzene ring substituents is 1. The zero-order chi connectivity index (χ0) is 18.5. The van der Waals surface area contributed by atoms with E-state index in [0.717, 1.165) is 24.2 Å². The van der Waals surface area contributed by atoms with E-state index in [1.807, 2.05) is 24.2 Å². The SMILES string of the molecule is Cn1cc(/C=C/C(=O)N2CCN(Cc3cccc([N+](=O)[O-])c3)CC2)cn1. The van der Waals surface area contributed by atoms with Crippen molar-refractivity contribution >= 4 is 17.7 Å². The average Bonchev–Trinajstić information content (AvgIpc) is 3.06. The number of benzene rings is 1. The molecule has 0 saturated carbocycles. The van der Waals surface area contributed by atoms with Gasteiger partial charge in [0.15, 0.2) is 0 Å². The summed E-state index contributed by atoms with van der Waals surface area (Å²) in [6, 6.07) is 6.69. The maximum Gasteiger partial charge on any atom is 0.269 e. The molecule has 1 aromatic carbocycles. The number of nitro groups is 1. The molecule has 1 saturated heterocycles. The van der Waals surface area contributed by atoms with Gasteiger partial charge in [0, 0.05) is 69.7 Å². The third kappa shape index (κ3) is 4.54. The van der Waals surface area contributed by atoms with Gasteiger partial charge in [-0.05, 0) is 11.6 Å². The molecule has 2 aromatic rings. The number of aromatic nitrogens is 2. The van der Waals surface area contributed by atoms with E-state index in [9.17, 15) is 14.9 Å². The molecule has 136 valence electrons. The molecule has 0 aliphatic carbocycles. The van der Waals surface area contributed by atoms with Crippen LogP contribution in [0.15, 0.2) is 42.7 Å². The predicted molar refractivity (Wildman–Crippen MR) is 97.2 cm³/mol. The fraction of sp³-hybridized carbons (Fsp3) is 0.333. The third-order valence-corrected chi connectivity index (χ3v) is 4.35. The Morgan fingerprint density at radius 2 is 2.08 bits per heavy atom. The predicted octanol–water partition coefficient (Wildman–Crippen LogP) is 1.69. The first-order valence-electron chi connectivity index (χ1n) is 8.42. The minimum atomic E-state index is -0.380. The summed E-state index contributed by atoms with van der Waals surface area (Å²) in [6.07, 6.45) is 6.90. The van der Waals surface area contributed by atoms with Crippen LogP contribution in [0.4, 0.5) is 5.69 Å². The molecule has 2 heterocycles. The van der Waals surface area contributed by atoms with Gasteiger partial charge in [0.25, 0.3) is 5.69 Å². The fourth-order valence-corrected chi connectivity index (χ4v) is 2.95. The average molecular weight is 355 g/mol. The van der Waals surface area contributed by atoms with Gasteiger partial charge in [0.05, 0.1) is 11.1 Å². The minimum absolute atomic E-state index is 0.0103. The maximum absolute atomic E-state index is 12.3. The first-order valence-corrected chi connectivity index (χ1v) is 8.42. The van der Waals surface area contributed by atoms with Crippen LogP contribution in [0, 0.1) is 10.1 Å². The van der Waals surface area contributed by atoms with Crippen molar-refractivity contribution in [1.29, 1.82) is 0 Å². The summed E-state index contributed by atoms with van der Waals surface area (Å²) in [5.41, 5.74) is 1.91. The number of non-ortho nitro benzene ring substituents is 1. The van der Waals surface area contributed by atoms with Crippen molar-refractivity contribution in [3.8, 4) is 0 Å². The molecular weight excluding hydrogens is 334 g/mol. The number of rotatable bonds is 5. The zero-order valence-electron chi connectivity index (χ0n) is 14.6. The highest BCUT2D eigenvalue weighted by molar-refractivity contribution is 5.91. The van der Waals surface area contributed by atoms with Gasteiger partial charge in [-0.3, -0.25) is 24.5 Å². The summed E-state index contributed by atoms with van der Waals surface area (Å²) in [4.78, 5) is 26.8. The molecule has 0 radical (unpaired) electrons. The molecule has 0 spiro atoms. The molecule has 8 heteroatoms. The maximum atomic E-state index is 12.3. The highest BCUT2D eigenvalue weighted by Gasteiger charge is 2.20. The van der Waals surface area contributed by atoms with Crippen LogP contribution in [0.2, 0.25) is 0 Å². The van der Waals surface area contributed by atoms with Crippen LogP contribution in [-0.4, -0.2) is 56.6 Å². The molecule has 1 aliphatic rings. The highest BCUT2D eigenvalue weighted by atomic mass is 16.6. The second kappa shape index (κ2) is 7.92. The second-order valence-corrected chi connectivity index (χ2v) is 6.31. The van der Waals surface area contributed by atoms with Gasteiger partial charge < -0.3 is 4.90 Å². The summed E-state index contributed by atoms with van der Waals surface area (Å²) in [7, 11) is 1.83. The Kier molecular flexibility index (Phi) is 5.43. The lowest BCUT2D eigenvalue weighted by Gasteiger charge is -2.34. The molecule has 1 fully saturated rings. The van der Waals surface area contributed by atoms with E-state index in [1.54, 1.807) is 35.2 Å². The lowest BCUT2D eigenvalue weighted by atomic mass is 10.1. The Labute approximate surface area is 151 Å². The summed E-state index contributed by atoms with van der Waals surface area (Å²) in [6.45, 7) is 3.43. The molecule has 8 nitrogen and oxygen atoms in total. The van der Waals surface area contributed by atoms with Crippen molar-refractivity contribution < 1.29 is 9.72 Å². The molecule has 3 rings (SSSR count). The van der Waals surface area contributed by atoms with Crippen molar-refractivity contribution in [3.63, 3.8) is 0 Å². The summed E-state index contributed by atoms with van der Waals surface area (Å²) < 4.78 is 1.69.